The monoisotopic (exact) mass is 451 g/mol. The summed E-state index contributed by atoms with van der Waals surface area (Å²) < 4.78 is 17.5. The Labute approximate surface area is 155 Å². The minimum absolute atomic E-state index is 0.225. The molecule has 0 atom stereocenters. The van der Waals surface area contributed by atoms with Crippen molar-refractivity contribution < 1.29 is 14.0 Å². The summed E-state index contributed by atoms with van der Waals surface area (Å²) in [4.78, 5) is 24.3. The van der Waals surface area contributed by atoms with Crippen LogP contribution in [0.4, 0.5) is 9.18 Å². The van der Waals surface area contributed by atoms with Crippen molar-refractivity contribution in [2.45, 2.75) is 6.42 Å². The number of allylic oxidation sites excluding steroid dienone is 3. The third-order valence-electron chi connectivity index (χ3n) is 4.91. The van der Waals surface area contributed by atoms with E-state index in [1.807, 2.05) is 18.2 Å². The molecular weight excluding hydrogens is 440 g/mol. The van der Waals surface area contributed by atoms with E-state index < -0.39 is 21.4 Å². The van der Waals surface area contributed by atoms with Gasteiger partial charge in [0.2, 0.25) is 0 Å². The summed E-state index contributed by atoms with van der Waals surface area (Å²) in [6, 6.07) is 15.0. The van der Waals surface area contributed by atoms with E-state index in [-0.39, 0.29) is 17.0 Å². The van der Waals surface area contributed by atoms with Gasteiger partial charge in [0.15, 0.2) is 0 Å². The maximum absolute atomic E-state index is 13.5. The number of hydrogen-bond acceptors (Lipinski definition) is 3. The number of carbonyl (C=O) groups excluding carboxylic acids is 2. The van der Waals surface area contributed by atoms with Crippen LogP contribution < -0.4 is 8.64 Å². The summed E-state index contributed by atoms with van der Waals surface area (Å²) in [7, 11) is 0. The number of carbonyl (C=O) groups is 2. The Hall–Kier alpha value is -1.79. The third-order valence-corrected chi connectivity index (χ3v) is 16.3. The summed E-state index contributed by atoms with van der Waals surface area (Å²) in [5.41, 5.74) is 3.32. The molecule has 120 valence electrons. The fourth-order valence-electron chi connectivity index (χ4n) is 3.99. The molecule has 6 heteroatoms. The van der Waals surface area contributed by atoms with Gasteiger partial charge in [0.05, 0.1) is 0 Å². The van der Waals surface area contributed by atoms with Crippen molar-refractivity contribution in [1.29, 1.82) is 0 Å². The molecule has 0 saturated carbocycles. The second-order valence-electron chi connectivity index (χ2n) is 6.31. The number of thioether (sulfide) groups is 1. The molecule has 2 aromatic rings. The van der Waals surface area contributed by atoms with Gasteiger partial charge in [-0.15, -0.1) is 0 Å². The van der Waals surface area contributed by atoms with Crippen LogP contribution in [0.25, 0.3) is 5.57 Å². The Kier molecular flexibility index (Phi) is 3.47. The summed E-state index contributed by atoms with van der Waals surface area (Å²) in [5, 5.41) is 2.08. The Morgan fingerprint density at radius 2 is 1.92 bits per heavy atom. The van der Waals surface area contributed by atoms with Gasteiger partial charge in [-0.2, -0.15) is 0 Å². The van der Waals surface area contributed by atoms with Gasteiger partial charge in [-0.3, -0.25) is 0 Å². The molecule has 0 spiro atoms. The van der Waals surface area contributed by atoms with Gasteiger partial charge in [0.25, 0.3) is 0 Å². The molecule has 4 aliphatic heterocycles. The van der Waals surface area contributed by atoms with Crippen LogP contribution in [0.15, 0.2) is 60.1 Å². The van der Waals surface area contributed by atoms with Crippen LogP contribution >= 0.6 is 11.8 Å². The number of halogens is 1. The number of imide groups is 1. The number of hydrogen-bond donors (Lipinski definition) is 1. The van der Waals surface area contributed by atoms with Crippen LogP contribution in [-0.4, -0.2) is 32.6 Å². The molecule has 1 saturated heterocycles. The van der Waals surface area contributed by atoms with Crippen molar-refractivity contribution >= 4 is 53.2 Å². The van der Waals surface area contributed by atoms with Crippen molar-refractivity contribution in [2.24, 2.45) is 0 Å². The number of nitrogens with one attached hydrogen (secondary N) is 1. The number of amides is 2. The van der Waals surface area contributed by atoms with E-state index in [9.17, 15) is 14.0 Å². The zero-order valence-electron chi connectivity index (χ0n) is 13.0. The molecule has 4 aliphatic rings. The van der Waals surface area contributed by atoms with Crippen molar-refractivity contribution in [3.05, 3.63) is 77.0 Å². The van der Waals surface area contributed by atoms with Gasteiger partial charge in [0.1, 0.15) is 0 Å². The molecule has 1 fully saturated rings. The van der Waals surface area contributed by atoms with E-state index in [0.717, 1.165) is 32.6 Å². The second kappa shape index (κ2) is 5.61. The van der Waals surface area contributed by atoms with Crippen LogP contribution in [0.5, 0.6) is 0 Å². The van der Waals surface area contributed by atoms with E-state index in [2.05, 4.69) is 17.4 Å². The predicted octanol–water partition coefficient (Wildman–Crippen LogP) is 2.87. The van der Waals surface area contributed by atoms with Crippen LogP contribution in [0.2, 0.25) is 0 Å². The molecule has 0 unspecified atom stereocenters. The van der Waals surface area contributed by atoms with Gasteiger partial charge in [0, 0.05) is 0 Å². The van der Waals surface area contributed by atoms with E-state index in [0.29, 0.717) is 4.91 Å². The van der Waals surface area contributed by atoms with Crippen LogP contribution in [0, 0.1) is 5.82 Å². The summed E-state index contributed by atoms with van der Waals surface area (Å²) >= 11 is -1.46. The molecule has 2 bridgehead atoms. The van der Waals surface area contributed by atoms with E-state index in [4.69, 9.17) is 0 Å². The minimum atomic E-state index is -2.48. The fourth-order valence-corrected chi connectivity index (χ4v) is 16.6. The van der Waals surface area contributed by atoms with Crippen molar-refractivity contribution in [2.75, 3.05) is 0 Å². The molecule has 2 aromatic carbocycles. The van der Waals surface area contributed by atoms with Crippen LogP contribution in [0.3, 0.4) is 0 Å². The zero-order chi connectivity index (χ0) is 17.1. The Morgan fingerprint density at radius 3 is 2.64 bits per heavy atom. The van der Waals surface area contributed by atoms with Gasteiger partial charge in [-0.05, 0) is 0 Å². The molecular formula is C19H11FInNO2S. The molecule has 1 N–H and O–H groups in total. The number of benzene rings is 2. The molecule has 3 nitrogen and oxygen atoms in total. The zero-order valence-corrected chi connectivity index (χ0v) is 17.1. The first kappa shape index (κ1) is 15.5. The Bertz CT molecular complexity index is 1040. The average molecular weight is 451 g/mol. The summed E-state index contributed by atoms with van der Waals surface area (Å²) in [5.74, 6) is -0.487. The van der Waals surface area contributed by atoms with Gasteiger partial charge >= 0.3 is 156 Å². The molecule has 0 aromatic heterocycles. The van der Waals surface area contributed by atoms with E-state index in [1.165, 1.54) is 18.3 Å². The topological polar surface area (TPSA) is 46.2 Å². The predicted molar refractivity (Wildman–Crippen MR) is 97.0 cm³/mol. The Morgan fingerprint density at radius 1 is 1.08 bits per heavy atom. The molecule has 0 radical (unpaired) electrons. The second-order valence-corrected chi connectivity index (χ2v) is 15.2. The van der Waals surface area contributed by atoms with E-state index >= 15 is 0 Å². The first-order chi connectivity index (χ1) is 12.1. The fraction of sp³-hybridized carbons (Fsp3) is 0.0526. The normalized spacial score (nSPS) is 20.8. The molecule has 4 heterocycles. The average Bonchev–Trinajstić information content (AvgIpc) is 3.19. The first-order valence-corrected chi connectivity index (χ1v) is 13.7. The quantitative estimate of drug-likeness (QED) is 0.715. The van der Waals surface area contributed by atoms with Gasteiger partial charge < -0.3 is 0 Å². The van der Waals surface area contributed by atoms with Crippen LogP contribution in [0.1, 0.15) is 11.1 Å². The SMILES string of the molecule is O=C1NC(=O)/C(=[C]2\C3=[C](Cc4cccc(F)c4)[In]2[c]2ccccc23)S1. The summed E-state index contributed by atoms with van der Waals surface area (Å²) in [6.45, 7) is 0. The number of rotatable bonds is 2. The first-order valence-electron chi connectivity index (χ1n) is 7.98. The third kappa shape index (κ3) is 2.27. The Balaban J connectivity index is 1.63. The van der Waals surface area contributed by atoms with Crippen LogP contribution in [-0.2, 0) is 11.2 Å². The maximum atomic E-state index is 13.5. The van der Waals surface area contributed by atoms with Crippen molar-refractivity contribution in [3.8, 4) is 0 Å². The van der Waals surface area contributed by atoms with Gasteiger partial charge in [-0.1, -0.05) is 0 Å². The molecule has 2 amide bonds. The standard InChI is InChI=1S/C19H11FNO2S.In/c20-16-8-4-5-13(11-16)9-10-15(14-6-2-1-3-7-14)12-17-18(22)21-19(23)24-17;/h1-6,8,11H,9H2,(H,21,22,23);. The van der Waals surface area contributed by atoms with Crippen molar-refractivity contribution in [3.63, 3.8) is 0 Å². The molecule has 6 rings (SSSR count). The summed E-state index contributed by atoms with van der Waals surface area (Å²) in [6.07, 6.45) is 0.736. The molecule has 25 heavy (non-hydrogen) atoms. The van der Waals surface area contributed by atoms with E-state index in [1.54, 1.807) is 12.1 Å². The van der Waals surface area contributed by atoms with Gasteiger partial charge in [-0.25, -0.2) is 0 Å². The van der Waals surface area contributed by atoms with Crippen molar-refractivity contribution in [1.82, 2.24) is 5.32 Å². The molecule has 0 aliphatic carbocycles.